The molecule has 0 atom stereocenters. The molecule has 36 valence electrons. The number of carboxylic acid groups (broad SMARTS) is 1. The van der Waals surface area contributed by atoms with Crippen molar-refractivity contribution in [3.8, 4) is 0 Å². The van der Waals surface area contributed by atoms with Crippen LogP contribution >= 0.6 is 11.6 Å². The fourth-order valence-electron chi connectivity index (χ4n) is 0.0445. The zero-order valence-electron chi connectivity index (χ0n) is 3.81. The SMILES string of the molecule is O=C([O-])OCCl.[Na+]. The van der Waals surface area contributed by atoms with Gasteiger partial charge in [-0.05, 0) is 0 Å². The Kier molecular flexibility index (Phi) is 9.86. The van der Waals surface area contributed by atoms with Gasteiger partial charge in [0, 0.05) is 0 Å². The van der Waals surface area contributed by atoms with Crippen molar-refractivity contribution in [2.45, 2.75) is 0 Å². The van der Waals surface area contributed by atoms with E-state index in [2.05, 4.69) is 4.74 Å². The van der Waals surface area contributed by atoms with Gasteiger partial charge in [0.25, 0.3) is 6.16 Å². The van der Waals surface area contributed by atoms with Crippen LogP contribution in [0.15, 0.2) is 0 Å². The summed E-state index contributed by atoms with van der Waals surface area (Å²) in [6, 6.07) is -0.359. The largest absolute Gasteiger partial charge is 1.00 e. The number of ether oxygens (including phenoxy) is 1. The summed E-state index contributed by atoms with van der Waals surface area (Å²) in [5.74, 6) is 0. The molecule has 0 amide bonds. The minimum Gasteiger partial charge on any atom is -0.534 e. The van der Waals surface area contributed by atoms with Gasteiger partial charge in [-0.1, -0.05) is 0 Å². The molecule has 0 aliphatic heterocycles. The van der Waals surface area contributed by atoms with Crippen molar-refractivity contribution in [1.82, 2.24) is 0 Å². The van der Waals surface area contributed by atoms with Crippen LogP contribution in [0, 0.1) is 0 Å². The third-order valence-corrected chi connectivity index (χ3v) is 0.282. The minimum atomic E-state index is -1.59. The topological polar surface area (TPSA) is 49.4 Å². The summed E-state index contributed by atoms with van der Waals surface area (Å²) in [7, 11) is 0. The second-order valence-electron chi connectivity index (χ2n) is 0.503. The summed E-state index contributed by atoms with van der Waals surface area (Å²) in [6.07, 6.45) is -1.59. The first kappa shape index (κ1) is 10.5. The Balaban J connectivity index is 0. The molecule has 0 N–H and O–H groups in total. The molecule has 0 aliphatic carbocycles. The molecule has 0 radical (unpaired) electrons. The van der Waals surface area contributed by atoms with Gasteiger partial charge in [0.2, 0.25) is 0 Å². The monoisotopic (exact) mass is 132 g/mol. The van der Waals surface area contributed by atoms with Gasteiger partial charge in [0.15, 0.2) is 0 Å². The van der Waals surface area contributed by atoms with Gasteiger partial charge in [0.05, 0.1) is 0 Å². The standard InChI is InChI=1S/C2H3ClO3.Na/c3-1-6-2(4)5;/h1H2,(H,4,5);/q;+1/p-1. The summed E-state index contributed by atoms with van der Waals surface area (Å²) in [6.45, 7) is 0. The zero-order chi connectivity index (χ0) is 4.99. The van der Waals surface area contributed by atoms with Crippen LogP contribution in [0.1, 0.15) is 0 Å². The van der Waals surface area contributed by atoms with Crippen LogP contribution in [0.3, 0.4) is 0 Å². The van der Waals surface area contributed by atoms with Crippen LogP contribution in [-0.4, -0.2) is 12.2 Å². The van der Waals surface area contributed by atoms with E-state index in [-0.39, 0.29) is 35.6 Å². The predicted octanol–water partition coefficient (Wildman–Crippen LogP) is -3.45. The van der Waals surface area contributed by atoms with E-state index >= 15 is 0 Å². The minimum absolute atomic E-state index is 0. The van der Waals surface area contributed by atoms with E-state index in [0.29, 0.717) is 0 Å². The average Bonchev–Trinajstić information content (AvgIpc) is 1.35. The van der Waals surface area contributed by atoms with Crippen molar-refractivity contribution in [3.05, 3.63) is 0 Å². The molecular formula is C2H2ClNaO3. The normalized spacial score (nSPS) is 6.43. The number of alkyl halides is 1. The number of carbonyl (C=O) groups excluding carboxylic acids is 1. The molecule has 5 heteroatoms. The van der Waals surface area contributed by atoms with Gasteiger partial charge >= 0.3 is 29.6 Å². The van der Waals surface area contributed by atoms with E-state index in [0.717, 1.165) is 0 Å². The molecule has 0 aromatic rings. The molecule has 0 saturated carbocycles. The van der Waals surface area contributed by atoms with Crippen LogP contribution in [-0.2, 0) is 4.74 Å². The Morgan fingerprint density at radius 2 is 2.29 bits per heavy atom. The third-order valence-electron chi connectivity index (χ3n) is 0.172. The summed E-state index contributed by atoms with van der Waals surface area (Å²) in [5, 5.41) is 9.18. The number of hydrogen-bond donors (Lipinski definition) is 0. The van der Waals surface area contributed by atoms with Gasteiger partial charge in [-0.2, -0.15) is 0 Å². The van der Waals surface area contributed by atoms with E-state index in [4.69, 9.17) is 11.6 Å². The van der Waals surface area contributed by atoms with Crippen molar-refractivity contribution < 1.29 is 44.2 Å². The van der Waals surface area contributed by atoms with Crippen LogP contribution < -0.4 is 34.7 Å². The molecule has 0 bridgehead atoms. The first-order valence-corrected chi connectivity index (χ1v) is 1.70. The molecule has 0 aromatic carbocycles. The van der Waals surface area contributed by atoms with Crippen molar-refractivity contribution in [2.24, 2.45) is 0 Å². The average molecular weight is 132 g/mol. The number of rotatable bonds is 1. The van der Waals surface area contributed by atoms with Crippen molar-refractivity contribution in [2.75, 3.05) is 6.07 Å². The maximum absolute atomic E-state index is 9.18. The van der Waals surface area contributed by atoms with E-state index in [9.17, 15) is 9.90 Å². The summed E-state index contributed by atoms with van der Waals surface area (Å²) in [4.78, 5) is 9.18. The number of halogens is 1. The van der Waals surface area contributed by atoms with E-state index in [1.807, 2.05) is 0 Å². The molecule has 7 heavy (non-hydrogen) atoms. The second-order valence-corrected chi connectivity index (χ2v) is 0.722. The van der Waals surface area contributed by atoms with E-state index in [1.54, 1.807) is 0 Å². The Labute approximate surface area is 67.9 Å². The fraction of sp³-hybridized carbons (Fsp3) is 0.500. The first-order valence-electron chi connectivity index (χ1n) is 1.17. The number of hydrogen-bond acceptors (Lipinski definition) is 3. The Hall–Kier alpha value is 0.560. The molecule has 3 nitrogen and oxygen atoms in total. The maximum atomic E-state index is 9.18. The van der Waals surface area contributed by atoms with Crippen molar-refractivity contribution >= 4 is 17.8 Å². The van der Waals surface area contributed by atoms with Gasteiger partial charge in [-0.25, -0.2) is 0 Å². The third kappa shape index (κ3) is 10.8. The zero-order valence-corrected chi connectivity index (χ0v) is 6.57. The van der Waals surface area contributed by atoms with Crippen LogP contribution in [0.5, 0.6) is 0 Å². The van der Waals surface area contributed by atoms with Gasteiger partial charge < -0.3 is 14.6 Å². The molecule has 0 spiro atoms. The van der Waals surface area contributed by atoms with Crippen LogP contribution in [0.2, 0.25) is 0 Å². The van der Waals surface area contributed by atoms with Gasteiger partial charge in [0.1, 0.15) is 6.07 Å². The number of carbonyl (C=O) groups is 1. The molecule has 0 unspecified atom stereocenters. The molecule has 0 saturated heterocycles. The molecular weight excluding hydrogens is 130 g/mol. The smallest absolute Gasteiger partial charge is 0.534 e. The summed E-state index contributed by atoms with van der Waals surface area (Å²) in [5.41, 5.74) is 0. The predicted molar refractivity (Wildman–Crippen MR) is 17.2 cm³/mol. The maximum Gasteiger partial charge on any atom is 1.00 e. The quantitative estimate of drug-likeness (QED) is 0.212. The van der Waals surface area contributed by atoms with E-state index < -0.39 is 6.16 Å². The van der Waals surface area contributed by atoms with Crippen LogP contribution in [0.25, 0.3) is 0 Å². The molecule has 0 fully saturated rings. The van der Waals surface area contributed by atoms with Gasteiger partial charge in [-0.3, -0.25) is 0 Å². The molecule has 0 aliphatic rings. The molecule has 0 heterocycles. The van der Waals surface area contributed by atoms with Crippen LogP contribution in [0.4, 0.5) is 4.79 Å². The molecule has 0 rings (SSSR count). The Bertz CT molecular complexity index is 56.9. The van der Waals surface area contributed by atoms with Crippen molar-refractivity contribution in [3.63, 3.8) is 0 Å². The fourth-order valence-corrected chi connectivity index (χ4v) is 0.134. The second kappa shape index (κ2) is 6.56. The Morgan fingerprint density at radius 3 is 2.29 bits per heavy atom. The van der Waals surface area contributed by atoms with E-state index in [1.165, 1.54) is 0 Å². The van der Waals surface area contributed by atoms with Gasteiger partial charge in [-0.15, -0.1) is 11.6 Å². The molecule has 0 aromatic heterocycles. The summed E-state index contributed by atoms with van der Waals surface area (Å²) < 4.78 is 3.61. The first-order chi connectivity index (χ1) is 2.77. The summed E-state index contributed by atoms with van der Waals surface area (Å²) >= 11 is 4.75. The van der Waals surface area contributed by atoms with Crippen molar-refractivity contribution in [1.29, 1.82) is 0 Å². The Morgan fingerprint density at radius 1 is 1.86 bits per heavy atom.